The van der Waals surface area contributed by atoms with Crippen molar-refractivity contribution in [3.63, 3.8) is 0 Å². The lowest BCUT2D eigenvalue weighted by molar-refractivity contribution is -0.170. The molecule has 1 aliphatic heterocycles. The minimum Gasteiger partial charge on any atom is -0.463 e. The first-order valence-corrected chi connectivity index (χ1v) is 12.7. The van der Waals surface area contributed by atoms with Gasteiger partial charge in [-0.3, -0.25) is 29.6 Å². The number of alkyl halides is 3. The second-order valence-electron chi connectivity index (χ2n) is 8.95. The molecule has 12 nitrogen and oxygen atoms in total. The Labute approximate surface area is 222 Å². The number of carbonyl (C=O) groups excluding carboxylic acids is 3. The van der Waals surface area contributed by atoms with Crippen molar-refractivity contribution in [3.05, 3.63) is 22.7 Å². The van der Waals surface area contributed by atoms with Gasteiger partial charge in [0.25, 0.3) is 0 Å². The fourth-order valence-electron chi connectivity index (χ4n) is 3.75. The molecule has 2 rings (SSSR count). The van der Waals surface area contributed by atoms with Crippen LogP contribution in [0.15, 0.2) is 17.1 Å². The van der Waals surface area contributed by atoms with Crippen molar-refractivity contribution in [2.24, 2.45) is 0 Å². The molecule has 0 aliphatic carbocycles. The van der Waals surface area contributed by atoms with Crippen LogP contribution in [0.5, 0.6) is 0 Å². The van der Waals surface area contributed by atoms with Crippen LogP contribution in [0.1, 0.15) is 77.9 Å². The minimum absolute atomic E-state index is 0.0191. The van der Waals surface area contributed by atoms with Crippen molar-refractivity contribution in [3.8, 4) is 0 Å². The predicted octanol–water partition coefficient (Wildman–Crippen LogP) is 3.42. The molecule has 4 atom stereocenters. The topological polar surface area (TPSA) is 155 Å². The third-order valence-electron chi connectivity index (χ3n) is 5.76. The number of nitrogens with one attached hydrogen (secondary N) is 1. The smallest absolute Gasteiger partial charge is 0.389 e. The number of unbranched alkanes of at least 4 members (excludes halogenated alkanes) is 2. The summed E-state index contributed by atoms with van der Waals surface area (Å²) in [5.41, 5.74) is 0.757. The van der Waals surface area contributed by atoms with E-state index in [1.807, 2.05) is 13.8 Å². The monoisotopic (exact) mass is 565 g/mol. The fraction of sp³-hybridized carbons (Fsp3) is 0.708. The van der Waals surface area contributed by atoms with Crippen LogP contribution >= 0.6 is 0 Å². The van der Waals surface area contributed by atoms with Crippen LogP contribution in [0.3, 0.4) is 0 Å². The number of rotatable bonds is 15. The highest BCUT2D eigenvalue weighted by atomic mass is 19.4. The normalized spacial score (nSPS) is 20.9. The van der Waals surface area contributed by atoms with E-state index >= 15 is 0 Å². The molecule has 0 bridgehead atoms. The molecule has 2 N–H and O–H groups in total. The van der Waals surface area contributed by atoms with Gasteiger partial charge < -0.3 is 18.9 Å². The Balaban J connectivity index is 2.35. The van der Waals surface area contributed by atoms with Gasteiger partial charge in [0.1, 0.15) is 12.7 Å². The molecule has 0 amide bonds. The SMILES string of the molecule is CCCCC(=O)OC[C@H]1O[C@@H](n2ccc(NO)nc2=O)[C@H](OC(=O)CCCC(F)(F)F)[C@@H]1OC(=O)CCCC. The average Bonchev–Trinajstić information content (AvgIpc) is 3.20. The molecular weight excluding hydrogens is 531 g/mol. The number of anilines is 1. The van der Waals surface area contributed by atoms with Gasteiger partial charge in [-0.1, -0.05) is 26.7 Å². The van der Waals surface area contributed by atoms with Gasteiger partial charge in [-0.2, -0.15) is 18.2 Å². The molecule has 0 saturated carbocycles. The molecule has 0 unspecified atom stereocenters. The molecule has 15 heteroatoms. The third kappa shape index (κ3) is 10.5. The number of esters is 3. The lowest BCUT2D eigenvalue weighted by atomic mass is 10.1. The molecule has 1 aliphatic rings. The highest BCUT2D eigenvalue weighted by Gasteiger charge is 2.51. The van der Waals surface area contributed by atoms with Gasteiger partial charge >= 0.3 is 29.8 Å². The van der Waals surface area contributed by atoms with Gasteiger partial charge in [0.15, 0.2) is 24.3 Å². The Morgan fingerprint density at radius 1 is 1.03 bits per heavy atom. The van der Waals surface area contributed by atoms with Crippen LogP contribution in [0.2, 0.25) is 0 Å². The summed E-state index contributed by atoms with van der Waals surface area (Å²) >= 11 is 0. The van der Waals surface area contributed by atoms with Crippen molar-refractivity contribution in [1.82, 2.24) is 9.55 Å². The van der Waals surface area contributed by atoms with E-state index in [0.29, 0.717) is 19.3 Å². The number of ether oxygens (including phenoxy) is 4. The molecular formula is C24H34F3N3O9. The summed E-state index contributed by atoms with van der Waals surface area (Å²) in [7, 11) is 0. The van der Waals surface area contributed by atoms with E-state index in [-0.39, 0.29) is 18.7 Å². The zero-order valence-corrected chi connectivity index (χ0v) is 21.8. The second kappa shape index (κ2) is 15.4. The summed E-state index contributed by atoms with van der Waals surface area (Å²) < 4.78 is 60.7. The fourth-order valence-corrected chi connectivity index (χ4v) is 3.75. The van der Waals surface area contributed by atoms with Crippen LogP contribution in [-0.2, 0) is 33.3 Å². The molecule has 2 heterocycles. The highest BCUT2D eigenvalue weighted by molar-refractivity contribution is 5.71. The van der Waals surface area contributed by atoms with Gasteiger partial charge in [-0.15, -0.1) is 0 Å². The largest absolute Gasteiger partial charge is 0.463 e. The Bertz CT molecular complexity index is 1020. The van der Waals surface area contributed by atoms with Crippen LogP contribution in [0.25, 0.3) is 0 Å². The van der Waals surface area contributed by atoms with E-state index in [2.05, 4.69) is 4.98 Å². The molecule has 0 spiro atoms. The quantitative estimate of drug-likeness (QED) is 0.183. The van der Waals surface area contributed by atoms with Crippen molar-refractivity contribution in [1.29, 1.82) is 0 Å². The zero-order chi connectivity index (χ0) is 29.0. The first-order valence-electron chi connectivity index (χ1n) is 12.7. The Morgan fingerprint density at radius 3 is 2.18 bits per heavy atom. The molecule has 39 heavy (non-hydrogen) atoms. The average molecular weight is 566 g/mol. The van der Waals surface area contributed by atoms with Crippen molar-refractivity contribution in [2.45, 2.75) is 102 Å². The lowest BCUT2D eigenvalue weighted by Crippen LogP contribution is -2.42. The van der Waals surface area contributed by atoms with Crippen LogP contribution < -0.4 is 11.2 Å². The van der Waals surface area contributed by atoms with E-state index < -0.39 is 80.2 Å². The molecule has 1 fully saturated rings. The van der Waals surface area contributed by atoms with Crippen molar-refractivity contribution < 1.29 is 51.7 Å². The summed E-state index contributed by atoms with van der Waals surface area (Å²) in [6.45, 7) is 3.34. The number of nitrogens with zero attached hydrogens (tertiary/aromatic N) is 2. The van der Waals surface area contributed by atoms with E-state index in [0.717, 1.165) is 17.2 Å². The predicted molar refractivity (Wildman–Crippen MR) is 127 cm³/mol. The summed E-state index contributed by atoms with van der Waals surface area (Å²) in [5, 5.41) is 9.02. The third-order valence-corrected chi connectivity index (χ3v) is 5.76. The van der Waals surface area contributed by atoms with E-state index in [1.54, 1.807) is 5.48 Å². The maximum atomic E-state index is 12.6. The van der Waals surface area contributed by atoms with Crippen LogP contribution in [-0.4, -0.2) is 63.8 Å². The summed E-state index contributed by atoms with van der Waals surface area (Å²) in [6, 6.07) is 1.20. The van der Waals surface area contributed by atoms with E-state index in [1.165, 1.54) is 6.07 Å². The van der Waals surface area contributed by atoms with Gasteiger partial charge in [0, 0.05) is 31.9 Å². The highest BCUT2D eigenvalue weighted by Crippen LogP contribution is 2.34. The van der Waals surface area contributed by atoms with E-state index in [4.69, 9.17) is 24.2 Å². The standard InChI is InChI=1S/C24H34F3N3O9/c1-3-5-8-17(31)36-14-15-20(38-18(32)9-6-4-2)21(39-19(33)10-7-12-24(25,26)27)22(37-15)30-13-11-16(29-35)28-23(30)34/h11,13,15,20-22,35H,3-10,12,14H2,1-2H3,(H,28,29,34)/t15-,20-,21-,22-/m1/s1. The molecule has 1 aromatic heterocycles. The van der Waals surface area contributed by atoms with Crippen LogP contribution in [0.4, 0.5) is 19.0 Å². The number of aromatic nitrogens is 2. The Kier molecular flexibility index (Phi) is 12.6. The Morgan fingerprint density at radius 2 is 1.62 bits per heavy atom. The molecule has 1 saturated heterocycles. The number of halogens is 3. The van der Waals surface area contributed by atoms with Gasteiger partial charge in [-0.05, 0) is 25.3 Å². The number of carbonyl (C=O) groups is 3. The number of hydrogen-bond acceptors (Lipinski definition) is 11. The van der Waals surface area contributed by atoms with E-state index in [9.17, 15) is 32.3 Å². The first-order chi connectivity index (χ1) is 18.5. The van der Waals surface area contributed by atoms with Gasteiger partial charge in [0.2, 0.25) is 0 Å². The second-order valence-corrected chi connectivity index (χ2v) is 8.95. The number of hydrogen-bond donors (Lipinski definition) is 2. The summed E-state index contributed by atoms with van der Waals surface area (Å²) in [5.74, 6) is -2.45. The van der Waals surface area contributed by atoms with Crippen molar-refractivity contribution >= 4 is 23.7 Å². The maximum absolute atomic E-state index is 12.6. The maximum Gasteiger partial charge on any atom is 0.389 e. The van der Waals surface area contributed by atoms with Crippen molar-refractivity contribution in [2.75, 3.05) is 12.1 Å². The van der Waals surface area contributed by atoms with Crippen LogP contribution in [0, 0.1) is 0 Å². The first kappa shape index (κ1) is 32.0. The Hall–Kier alpha value is -3.20. The molecule has 220 valence electrons. The lowest BCUT2D eigenvalue weighted by Gasteiger charge is -2.25. The zero-order valence-electron chi connectivity index (χ0n) is 21.8. The summed E-state index contributed by atoms with van der Waals surface area (Å²) in [4.78, 5) is 53.4. The summed E-state index contributed by atoms with van der Waals surface area (Å²) in [6.07, 6.45) is -8.47. The molecule has 0 aromatic carbocycles. The van der Waals surface area contributed by atoms with Gasteiger partial charge in [-0.25, -0.2) is 4.79 Å². The molecule has 0 radical (unpaired) electrons. The molecule has 1 aromatic rings. The van der Waals surface area contributed by atoms with Gasteiger partial charge in [0.05, 0.1) is 0 Å². The minimum atomic E-state index is -4.47.